The lowest BCUT2D eigenvalue weighted by atomic mass is 9.67. The average molecular weight is 689 g/mol. The summed E-state index contributed by atoms with van der Waals surface area (Å²) >= 11 is 0. The molecule has 12 nitrogen and oxygen atoms in total. The van der Waals surface area contributed by atoms with Crippen LogP contribution in [-0.4, -0.2) is 67.6 Å². The maximum absolute atomic E-state index is 13.7. The number of Topliss-reactive ketones (excluding diaryl/α,β-unsaturated/α-hetero) is 1. The van der Waals surface area contributed by atoms with E-state index in [-0.39, 0.29) is 22.0 Å². The molecule has 14 heteroatoms. The van der Waals surface area contributed by atoms with E-state index in [9.17, 15) is 40.6 Å². The second-order valence-electron chi connectivity index (χ2n) is 13.5. The Labute approximate surface area is 274 Å². The van der Waals surface area contributed by atoms with E-state index in [1.54, 1.807) is 31.3 Å². The predicted octanol–water partition coefficient (Wildman–Crippen LogP) is 4.29. The van der Waals surface area contributed by atoms with Crippen LogP contribution in [0.1, 0.15) is 64.5 Å². The smallest absolute Gasteiger partial charge is 0.303 e. The van der Waals surface area contributed by atoms with Gasteiger partial charge in [0.1, 0.15) is 0 Å². The van der Waals surface area contributed by atoms with Crippen LogP contribution in [0.3, 0.4) is 0 Å². The summed E-state index contributed by atoms with van der Waals surface area (Å²) in [5.41, 5.74) is 2.51. The number of carbonyl (C=O) groups is 2. The van der Waals surface area contributed by atoms with Gasteiger partial charge >= 0.3 is 5.97 Å². The van der Waals surface area contributed by atoms with E-state index >= 15 is 0 Å². The molecule has 5 rings (SSSR count). The van der Waals surface area contributed by atoms with Gasteiger partial charge in [-0.1, -0.05) is 46.3 Å². The van der Waals surface area contributed by atoms with Gasteiger partial charge in [0.25, 0.3) is 20.2 Å². The van der Waals surface area contributed by atoms with Crippen LogP contribution >= 0.6 is 0 Å². The van der Waals surface area contributed by atoms with Crippen LogP contribution in [0.15, 0.2) is 69.7 Å². The van der Waals surface area contributed by atoms with E-state index in [0.717, 1.165) is 0 Å². The maximum Gasteiger partial charge on any atom is 0.303 e. The Bertz CT molecular complexity index is 1930. The number of nitrogens with zero attached hydrogens (tertiary/aromatic N) is 2. The van der Waals surface area contributed by atoms with Crippen molar-refractivity contribution < 1.29 is 45.7 Å². The van der Waals surface area contributed by atoms with Gasteiger partial charge in [-0.25, -0.2) is 0 Å². The standard InChI is InChI=1S/C33H40N2O10S2/c1-32(2)23-15-19(46(40,41)42)10-12-25(23)34(5)27(32)17-21-30(38)22(31(21)39)18-28-33(3,4)24-16-20(47(43,44)45)11-13-26(24)35(28)14-8-6-7-9-29(36)37/h10-13,15-18,21-22,30,38H,6-9,14H2,1-5H3,(H,36,37)(H,40,41,42)(H,43,44,45). The quantitative estimate of drug-likeness (QED) is 0.205. The molecule has 2 aliphatic heterocycles. The fourth-order valence-electron chi connectivity index (χ4n) is 7.12. The summed E-state index contributed by atoms with van der Waals surface area (Å²) < 4.78 is 66.8. The zero-order chi connectivity index (χ0) is 34.9. The van der Waals surface area contributed by atoms with Gasteiger partial charge in [-0.2, -0.15) is 16.8 Å². The Balaban J connectivity index is 1.45. The lowest BCUT2D eigenvalue weighted by Crippen LogP contribution is -2.51. The van der Waals surface area contributed by atoms with Gasteiger partial charge in [0.2, 0.25) is 0 Å². The van der Waals surface area contributed by atoms with Crippen molar-refractivity contribution in [3.8, 4) is 0 Å². The monoisotopic (exact) mass is 688 g/mol. The van der Waals surface area contributed by atoms with Crippen LogP contribution in [0.4, 0.5) is 11.4 Å². The van der Waals surface area contributed by atoms with Gasteiger partial charge in [-0.3, -0.25) is 18.7 Å². The first-order valence-corrected chi connectivity index (χ1v) is 18.2. The number of likely N-dealkylation sites (N-methyl/N-ethyl adjacent to an activating group) is 1. The van der Waals surface area contributed by atoms with Crippen molar-refractivity contribution in [3.05, 3.63) is 71.1 Å². The molecular formula is C33H40N2O10S2. The highest BCUT2D eigenvalue weighted by atomic mass is 32.2. The summed E-state index contributed by atoms with van der Waals surface area (Å²) in [6, 6.07) is 8.65. The number of aliphatic carboxylic acids is 1. The first-order valence-electron chi connectivity index (χ1n) is 15.3. The zero-order valence-electron chi connectivity index (χ0n) is 26.8. The third-order valence-electron chi connectivity index (χ3n) is 9.80. The van der Waals surface area contributed by atoms with Crippen LogP contribution in [-0.2, 0) is 40.7 Å². The van der Waals surface area contributed by atoms with Crippen molar-refractivity contribution in [1.82, 2.24) is 0 Å². The molecule has 1 fully saturated rings. The van der Waals surface area contributed by atoms with Gasteiger partial charge in [0, 0.05) is 53.6 Å². The Kier molecular flexibility index (Phi) is 8.76. The highest BCUT2D eigenvalue weighted by Crippen LogP contribution is 2.52. The van der Waals surface area contributed by atoms with Crippen LogP contribution in [0, 0.1) is 11.8 Å². The highest BCUT2D eigenvalue weighted by molar-refractivity contribution is 7.86. The minimum absolute atomic E-state index is 0.0426. The lowest BCUT2D eigenvalue weighted by molar-refractivity contribution is -0.143. The molecule has 1 saturated carbocycles. The van der Waals surface area contributed by atoms with E-state index < -0.39 is 55.0 Å². The van der Waals surface area contributed by atoms with Crippen molar-refractivity contribution in [3.63, 3.8) is 0 Å². The number of aliphatic hydroxyl groups excluding tert-OH is 1. The number of carboxylic acids is 1. The number of aliphatic hydroxyl groups is 1. The van der Waals surface area contributed by atoms with Crippen molar-refractivity contribution in [2.24, 2.45) is 11.8 Å². The molecule has 3 unspecified atom stereocenters. The molecular weight excluding hydrogens is 649 g/mol. The Morgan fingerprint density at radius 2 is 1.30 bits per heavy atom. The molecule has 3 aliphatic rings. The average Bonchev–Trinajstić information content (AvgIpc) is 3.30. The van der Waals surface area contributed by atoms with Crippen LogP contribution < -0.4 is 9.80 Å². The fraction of sp³-hybridized carbons (Fsp3) is 0.455. The van der Waals surface area contributed by atoms with Gasteiger partial charge in [-0.15, -0.1) is 0 Å². The molecule has 0 amide bonds. The van der Waals surface area contributed by atoms with E-state index in [2.05, 4.69) is 0 Å². The number of hydrogen-bond donors (Lipinski definition) is 4. The fourth-order valence-corrected chi connectivity index (χ4v) is 8.13. The summed E-state index contributed by atoms with van der Waals surface area (Å²) in [6.07, 6.45) is 4.15. The van der Waals surface area contributed by atoms with Crippen molar-refractivity contribution in [2.45, 2.75) is 80.1 Å². The third kappa shape index (κ3) is 6.13. The number of ketones is 1. The lowest BCUT2D eigenvalue weighted by Gasteiger charge is -2.39. The first kappa shape index (κ1) is 34.8. The van der Waals surface area contributed by atoms with E-state index in [0.29, 0.717) is 59.7 Å². The normalized spacial score (nSPS) is 24.9. The summed E-state index contributed by atoms with van der Waals surface area (Å²) in [5.74, 6) is -2.80. The van der Waals surface area contributed by atoms with Crippen molar-refractivity contribution in [1.29, 1.82) is 0 Å². The molecule has 47 heavy (non-hydrogen) atoms. The number of fused-ring (bicyclic) bond motifs is 2. The number of carbonyl (C=O) groups excluding carboxylic acids is 1. The molecule has 0 aromatic heterocycles. The summed E-state index contributed by atoms with van der Waals surface area (Å²) in [6.45, 7) is 7.95. The SMILES string of the molecule is CN1C(=CC2C(=O)C(C=C3N(CCCCCC(=O)O)c4ccc(S(=O)(=O)O)cc4C3(C)C)C2O)C(C)(C)c2cc(S(=O)(=O)O)ccc21. The number of rotatable bonds is 10. The zero-order valence-corrected chi connectivity index (χ0v) is 28.5. The number of unbranched alkanes of at least 4 members (excludes halogenated alkanes) is 2. The van der Waals surface area contributed by atoms with E-state index in [4.69, 9.17) is 5.11 Å². The summed E-state index contributed by atoms with van der Waals surface area (Å²) in [5, 5.41) is 20.4. The first-order chi connectivity index (χ1) is 21.7. The van der Waals surface area contributed by atoms with Crippen LogP contribution in [0.25, 0.3) is 0 Å². The second-order valence-corrected chi connectivity index (χ2v) is 16.4. The second kappa shape index (κ2) is 11.8. The molecule has 3 atom stereocenters. The third-order valence-corrected chi connectivity index (χ3v) is 11.5. The minimum Gasteiger partial charge on any atom is -0.481 e. The van der Waals surface area contributed by atoms with Crippen molar-refractivity contribution >= 4 is 43.4 Å². The topological polar surface area (TPSA) is 190 Å². The molecule has 4 N–H and O–H groups in total. The molecule has 2 heterocycles. The number of benzene rings is 2. The predicted molar refractivity (Wildman–Crippen MR) is 175 cm³/mol. The molecule has 254 valence electrons. The molecule has 2 aromatic carbocycles. The van der Waals surface area contributed by atoms with Gasteiger partial charge < -0.3 is 20.0 Å². The number of carboxylic acid groups (broad SMARTS) is 1. The number of anilines is 2. The number of allylic oxidation sites excluding steroid dienone is 2. The molecule has 1 aliphatic carbocycles. The van der Waals surface area contributed by atoms with Crippen molar-refractivity contribution in [2.75, 3.05) is 23.4 Å². The molecule has 0 spiro atoms. The van der Waals surface area contributed by atoms with E-state index in [1.807, 2.05) is 37.5 Å². The Morgan fingerprint density at radius 3 is 1.81 bits per heavy atom. The maximum atomic E-state index is 13.7. The van der Waals surface area contributed by atoms with Gasteiger partial charge in [0.15, 0.2) is 5.78 Å². The molecule has 0 bridgehead atoms. The molecule has 0 radical (unpaired) electrons. The van der Waals surface area contributed by atoms with Gasteiger partial charge in [-0.05, 0) is 60.4 Å². The molecule has 2 aromatic rings. The molecule has 0 saturated heterocycles. The Hall–Kier alpha value is -3.56. The number of hydrogen-bond acceptors (Lipinski definition) is 9. The van der Waals surface area contributed by atoms with E-state index in [1.165, 1.54) is 24.3 Å². The highest BCUT2D eigenvalue weighted by Gasteiger charge is 2.51. The van der Waals surface area contributed by atoms with Crippen LogP contribution in [0.2, 0.25) is 0 Å². The van der Waals surface area contributed by atoms with Crippen LogP contribution in [0.5, 0.6) is 0 Å². The summed E-state index contributed by atoms with van der Waals surface area (Å²) in [7, 11) is -7.12. The largest absolute Gasteiger partial charge is 0.481 e. The van der Waals surface area contributed by atoms with Gasteiger partial charge in [0.05, 0.1) is 27.7 Å². The Morgan fingerprint density at radius 1 is 0.809 bits per heavy atom. The summed E-state index contributed by atoms with van der Waals surface area (Å²) in [4.78, 5) is 28.0. The minimum atomic E-state index is -4.48.